The maximum absolute atomic E-state index is 13.9. The number of hydrogen-bond acceptors (Lipinski definition) is 2. The van der Waals surface area contributed by atoms with E-state index in [4.69, 9.17) is 11.6 Å². The molecule has 1 saturated heterocycles. The van der Waals surface area contributed by atoms with Crippen LogP contribution < -0.4 is 5.32 Å². The van der Waals surface area contributed by atoms with Crippen molar-refractivity contribution in [2.24, 2.45) is 0 Å². The Balaban J connectivity index is 2.19. The Hall–Kier alpha value is -1.14. The van der Waals surface area contributed by atoms with E-state index in [-0.39, 0.29) is 17.8 Å². The molecular weight excluding hydrogens is 361 g/mol. The van der Waals surface area contributed by atoms with Crippen molar-refractivity contribution in [3.63, 3.8) is 0 Å². The maximum atomic E-state index is 13.9. The molecule has 1 aliphatic heterocycles. The van der Waals surface area contributed by atoms with E-state index in [0.29, 0.717) is 34.4 Å². The summed E-state index contributed by atoms with van der Waals surface area (Å²) in [4.78, 5) is 16.7. The molecule has 0 spiro atoms. The Kier molecular flexibility index (Phi) is 4.17. The normalized spacial score (nSPS) is 19.0. The van der Waals surface area contributed by atoms with Gasteiger partial charge in [0.2, 0.25) is 5.91 Å². The first-order valence-electron chi connectivity index (χ1n) is 6.81. The fraction of sp³-hybridized carbons (Fsp3) is 0.429. The first-order valence-corrected chi connectivity index (χ1v) is 8.14. The molecule has 1 aromatic carbocycles. The molecule has 1 aliphatic rings. The van der Waals surface area contributed by atoms with Gasteiger partial charge in [0.1, 0.15) is 17.7 Å². The van der Waals surface area contributed by atoms with Gasteiger partial charge < -0.3 is 9.88 Å². The molecule has 1 fully saturated rings. The first-order chi connectivity index (χ1) is 10.1. The highest BCUT2D eigenvalue weighted by Crippen LogP contribution is 2.29. The van der Waals surface area contributed by atoms with Crippen LogP contribution in [0, 0.1) is 5.82 Å². The zero-order chi connectivity index (χ0) is 15.0. The molecule has 2 aromatic rings. The molecule has 1 aromatic heterocycles. The van der Waals surface area contributed by atoms with Crippen LogP contribution in [0.15, 0.2) is 16.6 Å². The van der Waals surface area contributed by atoms with Gasteiger partial charge in [-0.05, 0) is 34.8 Å². The van der Waals surface area contributed by atoms with Crippen molar-refractivity contribution in [2.75, 3.05) is 12.4 Å². The van der Waals surface area contributed by atoms with Gasteiger partial charge in [0, 0.05) is 24.9 Å². The fourth-order valence-corrected chi connectivity index (χ4v) is 3.25. The molecule has 0 radical (unpaired) electrons. The van der Waals surface area contributed by atoms with Crippen LogP contribution in [0.4, 0.5) is 4.39 Å². The Morgan fingerprint density at radius 3 is 3.05 bits per heavy atom. The van der Waals surface area contributed by atoms with Crippen molar-refractivity contribution in [3.05, 3.63) is 28.2 Å². The van der Waals surface area contributed by atoms with Gasteiger partial charge in [-0.1, -0.05) is 0 Å². The molecule has 1 unspecified atom stereocenters. The van der Waals surface area contributed by atoms with Crippen LogP contribution in [-0.2, 0) is 11.2 Å². The van der Waals surface area contributed by atoms with Crippen LogP contribution in [0.1, 0.15) is 24.7 Å². The van der Waals surface area contributed by atoms with E-state index in [1.54, 1.807) is 6.07 Å². The molecule has 112 valence electrons. The van der Waals surface area contributed by atoms with Gasteiger partial charge in [-0.25, -0.2) is 9.37 Å². The summed E-state index contributed by atoms with van der Waals surface area (Å²) in [6.07, 6.45) is 2.17. The summed E-state index contributed by atoms with van der Waals surface area (Å²) in [5, 5.41) is 2.86. The topological polar surface area (TPSA) is 46.9 Å². The van der Waals surface area contributed by atoms with Crippen molar-refractivity contribution in [1.82, 2.24) is 14.9 Å². The molecule has 0 aliphatic carbocycles. The van der Waals surface area contributed by atoms with Gasteiger partial charge in [0.05, 0.1) is 15.5 Å². The molecule has 0 saturated carbocycles. The van der Waals surface area contributed by atoms with Gasteiger partial charge in [-0.2, -0.15) is 0 Å². The molecule has 1 atom stereocenters. The van der Waals surface area contributed by atoms with E-state index < -0.39 is 0 Å². The molecule has 3 rings (SSSR count). The largest absolute Gasteiger partial charge is 0.354 e. The fourth-order valence-electron chi connectivity index (χ4n) is 2.75. The number of piperidine rings is 1. The number of amides is 1. The number of carbonyl (C=O) groups excluding carboxylic acids is 1. The second-order valence-electron chi connectivity index (χ2n) is 5.04. The number of benzene rings is 1. The summed E-state index contributed by atoms with van der Waals surface area (Å²) in [6, 6.07) is 2.72. The number of fused-ring (bicyclic) bond motifs is 1. The summed E-state index contributed by atoms with van der Waals surface area (Å²) in [5.41, 5.74) is 1.31. The average Bonchev–Trinajstić information content (AvgIpc) is 2.78. The van der Waals surface area contributed by atoms with Gasteiger partial charge in [0.25, 0.3) is 0 Å². The Bertz CT molecular complexity index is 703. The average molecular weight is 375 g/mol. The van der Waals surface area contributed by atoms with E-state index in [2.05, 4.69) is 26.2 Å². The number of aryl methyl sites for hydroxylation is 1. The number of rotatable bonds is 3. The third-order valence-electron chi connectivity index (χ3n) is 3.69. The molecule has 21 heavy (non-hydrogen) atoms. The van der Waals surface area contributed by atoms with Crippen molar-refractivity contribution < 1.29 is 9.18 Å². The van der Waals surface area contributed by atoms with Crippen LogP contribution in [-0.4, -0.2) is 27.9 Å². The number of alkyl halides is 1. The van der Waals surface area contributed by atoms with Crippen molar-refractivity contribution in [1.29, 1.82) is 0 Å². The summed E-state index contributed by atoms with van der Waals surface area (Å²) in [6.45, 7) is 0.687. The van der Waals surface area contributed by atoms with Gasteiger partial charge in [-0.15, -0.1) is 11.6 Å². The third-order valence-corrected chi connectivity index (χ3v) is 4.49. The molecule has 1 amide bonds. The maximum Gasteiger partial charge on any atom is 0.243 e. The minimum atomic E-state index is -0.364. The second-order valence-corrected chi connectivity index (χ2v) is 6.27. The first kappa shape index (κ1) is 14.8. The van der Waals surface area contributed by atoms with E-state index in [0.717, 1.165) is 18.7 Å². The Morgan fingerprint density at radius 2 is 2.33 bits per heavy atom. The van der Waals surface area contributed by atoms with Gasteiger partial charge >= 0.3 is 0 Å². The highest BCUT2D eigenvalue weighted by Gasteiger charge is 2.28. The lowest BCUT2D eigenvalue weighted by atomic mass is 10.1. The Morgan fingerprint density at radius 1 is 1.52 bits per heavy atom. The van der Waals surface area contributed by atoms with Crippen molar-refractivity contribution >= 4 is 44.5 Å². The smallest absolute Gasteiger partial charge is 0.243 e. The summed E-state index contributed by atoms with van der Waals surface area (Å²) in [5.74, 6) is 0.720. The number of aromatic nitrogens is 2. The van der Waals surface area contributed by atoms with Crippen LogP contribution in [0.2, 0.25) is 0 Å². The van der Waals surface area contributed by atoms with Crippen molar-refractivity contribution in [2.45, 2.75) is 25.3 Å². The summed E-state index contributed by atoms with van der Waals surface area (Å²) in [7, 11) is 0. The van der Waals surface area contributed by atoms with Crippen LogP contribution in [0.3, 0.4) is 0 Å². The van der Waals surface area contributed by atoms with E-state index in [1.807, 2.05) is 4.57 Å². The number of halogens is 3. The zero-order valence-electron chi connectivity index (χ0n) is 11.2. The second kappa shape index (κ2) is 5.93. The lowest BCUT2D eigenvalue weighted by molar-refractivity contribution is -0.125. The molecular formula is C14H14BrClFN3O. The minimum Gasteiger partial charge on any atom is -0.354 e. The third kappa shape index (κ3) is 2.66. The lowest BCUT2D eigenvalue weighted by Gasteiger charge is -2.25. The molecule has 1 N–H and O–H groups in total. The zero-order valence-corrected chi connectivity index (χ0v) is 13.5. The lowest BCUT2D eigenvalue weighted by Crippen LogP contribution is -2.38. The van der Waals surface area contributed by atoms with Gasteiger partial charge in [-0.3, -0.25) is 4.79 Å². The van der Waals surface area contributed by atoms with Crippen LogP contribution >= 0.6 is 27.5 Å². The van der Waals surface area contributed by atoms with E-state index >= 15 is 0 Å². The predicted molar refractivity (Wildman–Crippen MR) is 83.1 cm³/mol. The number of imidazole rings is 1. The highest BCUT2D eigenvalue weighted by molar-refractivity contribution is 9.10. The minimum absolute atomic E-state index is 0.0419. The number of hydrogen-bond donors (Lipinski definition) is 1. The molecule has 2 heterocycles. The van der Waals surface area contributed by atoms with Crippen LogP contribution in [0.25, 0.3) is 11.0 Å². The summed E-state index contributed by atoms with van der Waals surface area (Å²) < 4.78 is 16.1. The monoisotopic (exact) mass is 373 g/mol. The number of nitrogens with one attached hydrogen (secondary N) is 1. The number of nitrogens with zero attached hydrogens (tertiary/aromatic N) is 2. The Labute approximate surface area is 134 Å². The van der Waals surface area contributed by atoms with Gasteiger partial charge in [0.15, 0.2) is 0 Å². The summed E-state index contributed by atoms with van der Waals surface area (Å²) >= 11 is 9.00. The van der Waals surface area contributed by atoms with E-state index in [1.165, 1.54) is 6.07 Å². The standard InChI is InChI=1S/C14H14BrClFN3O/c15-8-6-10-12(7-9(8)17)20(13(19-10)3-4-16)11-2-1-5-18-14(11)21/h6-7,11H,1-5H2,(H,18,21). The van der Waals surface area contributed by atoms with Crippen molar-refractivity contribution in [3.8, 4) is 0 Å². The number of carbonyl (C=O) groups is 1. The quantitative estimate of drug-likeness (QED) is 0.839. The highest BCUT2D eigenvalue weighted by atomic mass is 79.9. The van der Waals surface area contributed by atoms with E-state index in [9.17, 15) is 9.18 Å². The molecule has 4 nitrogen and oxygen atoms in total. The van der Waals surface area contributed by atoms with Crippen LogP contribution in [0.5, 0.6) is 0 Å². The SMILES string of the molecule is O=C1NCCCC1n1c(CCCl)nc2cc(Br)c(F)cc21. The molecule has 7 heteroatoms. The molecule has 0 bridgehead atoms. The predicted octanol–water partition coefficient (Wildman–Crippen LogP) is 3.17.